The Kier molecular flexibility index (Phi) is 4.16. The fraction of sp³-hybridized carbons (Fsp3) is 0.708. The zero-order valence-corrected chi connectivity index (χ0v) is 17.2. The monoisotopic (exact) mass is 367 g/mol. The Balaban J connectivity index is 1.38. The summed E-state index contributed by atoms with van der Waals surface area (Å²) in [5.41, 5.74) is 5.11. The lowest BCUT2D eigenvalue weighted by Gasteiger charge is -2.58. The number of amides is 1. The van der Waals surface area contributed by atoms with E-state index in [2.05, 4.69) is 38.2 Å². The predicted molar refractivity (Wildman–Crippen MR) is 109 cm³/mol. The molecule has 4 aliphatic carbocycles. The average Bonchev–Trinajstić information content (AvgIpc) is 3.07. The van der Waals surface area contributed by atoms with Crippen molar-refractivity contribution in [1.82, 2.24) is 0 Å². The summed E-state index contributed by atoms with van der Waals surface area (Å²) >= 11 is 0. The summed E-state index contributed by atoms with van der Waals surface area (Å²) in [6.45, 7) is 7.57. The summed E-state index contributed by atoms with van der Waals surface area (Å²) in [4.78, 5) is 15.0. The quantitative estimate of drug-likeness (QED) is 0.841. The zero-order valence-electron chi connectivity index (χ0n) is 17.2. The van der Waals surface area contributed by atoms with E-state index >= 15 is 0 Å². The van der Waals surface area contributed by atoms with Gasteiger partial charge in [-0.25, -0.2) is 0 Å². The van der Waals surface area contributed by atoms with Crippen LogP contribution in [0.15, 0.2) is 12.1 Å². The van der Waals surface area contributed by atoms with Crippen molar-refractivity contribution < 1.29 is 9.69 Å². The van der Waals surface area contributed by atoms with Crippen LogP contribution in [0.1, 0.15) is 68.1 Å². The van der Waals surface area contributed by atoms with Crippen LogP contribution in [0.5, 0.6) is 0 Å². The van der Waals surface area contributed by atoms with Gasteiger partial charge in [-0.3, -0.25) is 4.79 Å². The van der Waals surface area contributed by atoms with Gasteiger partial charge in [0, 0.05) is 37.8 Å². The number of hydrogen-bond donors (Lipinski definition) is 2. The van der Waals surface area contributed by atoms with Gasteiger partial charge >= 0.3 is 0 Å². The van der Waals surface area contributed by atoms with Crippen molar-refractivity contribution in [2.24, 2.45) is 17.8 Å². The molecule has 4 saturated carbocycles. The maximum atomic E-state index is 13.4. The molecule has 2 N–H and O–H groups in total. The van der Waals surface area contributed by atoms with E-state index in [4.69, 9.17) is 0 Å². The van der Waals surface area contributed by atoms with Gasteiger partial charge in [0.2, 0.25) is 0 Å². The first-order chi connectivity index (χ1) is 12.9. The smallest absolute Gasteiger partial charge is 0.282 e. The highest BCUT2D eigenvalue weighted by Gasteiger charge is 2.59. The second-order valence-electron chi connectivity index (χ2n) is 10.4. The summed E-state index contributed by atoms with van der Waals surface area (Å²) in [7, 11) is 0. The van der Waals surface area contributed by atoms with Crippen LogP contribution in [-0.2, 0) is 4.79 Å². The van der Waals surface area contributed by atoms with E-state index in [1.54, 1.807) is 4.90 Å². The van der Waals surface area contributed by atoms with Crippen molar-refractivity contribution in [2.75, 3.05) is 11.9 Å². The van der Waals surface area contributed by atoms with E-state index < -0.39 is 0 Å². The molecule has 0 aromatic heterocycles. The molecule has 3 nitrogen and oxygen atoms in total. The maximum Gasteiger partial charge on any atom is 0.282 e. The molecule has 5 aliphatic rings. The van der Waals surface area contributed by atoms with Crippen LogP contribution >= 0.6 is 0 Å². The second-order valence-corrected chi connectivity index (χ2v) is 10.4. The number of aryl methyl sites for hydroxylation is 3. The molecule has 1 aliphatic heterocycles. The molecular formula is C24H35N2O+. The third-order valence-corrected chi connectivity index (χ3v) is 8.32. The van der Waals surface area contributed by atoms with E-state index in [0.29, 0.717) is 5.54 Å². The summed E-state index contributed by atoms with van der Waals surface area (Å²) in [6, 6.07) is 4.52. The van der Waals surface area contributed by atoms with Gasteiger partial charge in [-0.2, -0.15) is 0 Å². The SMILES string of the molecule is Cc1cc(C)c(NC(=O)[C@H]2CCC[NH+]2C23CC4CC(CC(C4)C2)C3)c(C)c1. The number of benzene rings is 1. The lowest BCUT2D eigenvalue weighted by molar-refractivity contribution is -0.961. The van der Waals surface area contributed by atoms with Crippen LogP contribution in [0.2, 0.25) is 0 Å². The van der Waals surface area contributed by atoms with Crippen LogP contribution < -0.4 is 10.2 Å². The minimum Gasteiger partial charge on any atom is -0.320 e. The summed E-state index contributed by atoms with van der Waals surface area (Å²) < 4.78 is 0. The first-order valence-corrected chi connectivity index (χ1v) is 11.2. The van der Waals surface area contributed by atoms with Crippen molar-refractivity contribution in [3.05, 3.63) is 28.8 Å². The Morgan fingerprint density at radius 3 is 2.11 bits per heavy atom. The molecule has 4 bridgehead atoms. The van der Waals surface area contributed by atoms with Crippen molar-refractivity contribution in [3.63, 3.8) is 0 Å². The highest BCUT2D eigenvalue weighted by atomic mass is 16.2. The van der Waals surface area contributed by atoms with Crippen molar-refractivity contribution in [2.45, 2.75) is 83.7 Å². The number of anilines is 1. The molecule has 1 aromatic carbocycles. The van der Waals surface area contributed by atoms with Crippen LogP contribution in [-0.4, -0.2) is 24.0 Å². The van der Waals surface area contributed by atoms with Gasteiger partial charge in [0.1, 0.15) is 0 Å². The Bertz CT molecular complexity index is 709. The molecule has 2 atom stereocenters. The van der Waals surface area contributed by atoms with Crippen molar-refractivity contribution in [3.8, 4) is 0 Å². The highest BCUT2D eigenvalue weighted by molar-refractivity contribution is 5.95. The van der Waals surface area contributed by atoms with Gasteiger partial charge in [0.05, 0.1) is 12.1 Å². The minimum absolute atomic E-state index is 0.154. The molecule has 5 fully saturated rings. The summed E-state index contributed by atoms with van der Waals surface area (Å²) in [5.74, 6) is 3.13. The average molecular weight is 368 g/mol. The summed E-state index contributed by atoms with van der Waals surface area (Å²) in [5, 5.41) is 3.35. The van der Waals surface area contributed by atoms with Crippen LogP contribution in [0.3, 0.4) is 0 Å². The fourth-order valence-corrected chi connectivity index (χ4v) is 7.86. The second kappa shape index (κ2) is 6.34. The Morgan fingerprint density at radius 1 is 1.00 bits per heavy atom. The highest BCUT2D eigenvalue weighted by Crippen LogP contribution is 2.54. The van der Waals surface area contributed by atoms with Crippen LogP contribution in [0, 0.1) is 38.5 Å². The molecule has 1 aromatic rings. The first kappa shape index (κ1) is 17.7. The molecule has 1 unspecified atom stereocenters. The normalized spacial score (nSPS) is 39.7. The van der Waals surface area contributed by atoms with Gasteiger partial charge in [-0.1, -0.05) is 17.7 Å². The number of carbonyl (C=O) groups is 1. The largest absolute Gasteiger partial charge is 0.320 e. The number of likely N-dealkylation sites (tertiary alicyclic amines) is 1. The minimum atomic E-state index is 0.154. The molecule has 0 radical (unpaired) electrons. The number of quaternary nitrogens is 1. The van der Waals surface area contributed by atoms with E-state index in [1.165, 1.54) is 68.2 Å². The molecule has 3 heteroatoms. The lowest BCUT2D eigenvalue weighted by Crippen LogP contribution is -3.23. The van der Waals surface area contributed by atoms with Crippen LogP contribution in [0.25, 0.3) is 0 Å². The van der Waals surface area contributed by atoms with Gasteiger partial charge < -0.3 is 10.2 Å². The predicted octanol–water partition coefficient (Wildman–Crippen LogP) is 3.57. The molecule has 1 amide bonds. The van der Waals surface area contributed by atoms with Crippen molar-refractivity contribution >= 4 is 11.6 Å². The number of rotatable bonds is 3. The number of carbonyl (C=O) groups excluding carboxylic acids is 1. The molecule has 27 heavy (non-hydrogen) atoms. The van der Waals surface area contributed by atoms with Crippen molar-refractivity contribution in [1.29, 1.82) is 0 Å². The standard InChI is InChI=1S/C24H34N2O/c1-15-7-16(2)22(17(3)8-15)25-23(27)21-5-4-6-26(21)24-12-18-9-19(13-24)11-20(10-18)14-24/h7-8,18-21H,4-6,9-14H2,1-3H3,(H,25,27)/p+1/t18?,19?,20?,21-,24?/m1/s1. The third-order valence-electron chi connectivity index (χ3n) is 8.32. The Labute approximate surface area is 163 Å². The van der Waals surface area contributed by atoms with Crippen LogP contribution in [0.4, 0.5) is 5.69 Å². The molecule has 1 saturated heterocycles. The lowest BCUT2D eigenvalue weighted by atomic mass is 9.52. The zero-order chi connectivity index (χ0) is 18.8. The summed E-state index contributed by atoms with van der Waals surface area (Å²) in [6.07, 6.45) is 10.9. The van der Waals surface area contributed by atoms with Gasteiger partial charge in [0.15, 0.2) is 6.04 Å². The van der Waals surface area contributed by atoms with E-state index in [-0.39, 0.29) is 11.9 Å². The number of nitrogens with one attached hydrogen (secondary N) is 2. The molecule has 146 valence electrons. The first-order valence-electron chi connectivity index (χ1n) is 11.2. The molecular weight excluding hydrogens is 332 g/mol. The van der Waals surface area contributed by atoms with Gasteiger partial charge in [-0.15, -0.1) is 0 Å². The third kappa shape index (κ3) is 2.93. The molecule has 0 spiro atoms. The topological polar surface area (TPSA) is 33.5 Å². The Hall–Kier alpha value is -1.35. The van der Waals surface area contributed by atoms with Gasteiger partial charge in [0.25, 0.3) is 5.91 Å². The molecule has 6 rings (SSSR count). The van der Waals surface area contributed by atoms with E-state index in [0.717, 1.165) is 29.9 Å². The van der Waals surface area contributed by atoms with Gasteiger partial charge in [-0.05, 0) is 68.9 Å². The molecule has 1 heterocycles. The fourth-order valence-electron chi connectivity index (χ4n) is 7.86. The van der Waals surface area contributed by atoms with E-state index in [1.807, 2.05) is 0 Å². The Morgan fingerprint density at radius 2 is 1.56 bits per heavy atom. The van der Waals surface area contributed by atoms with E-state index in [9.17, 15) is 4.79 Å². The maximum absolute atomic E-state index is 13.4. The number of hydrogen-bond acceptors (Lipinski definition) is 1.